The third-order valence-corrected chi connectivity index (χ3v) is 3.56. The molecule has 3 N–H and O–H groups in total. The van der Waals surface area contributed by atoms with Gasteiger partial charge < -0.3 is 10.3 Å². The van der Waals surface area contributed by atoms with Gasteiger partial charge in [-0.3, -0.25) is 10.1 Å². The van der Waals surface area contributed by atoms with Crippen molar-refractivity contribution < 1.29 is 4.92 Å². The summed E-state index contributed by atoms with van der Waals surface area (Å²) < 4.78 is 0. The van der Waals surface area contributed by atoms with Gasteiger partial charge in [-0.25, -0.2) is 10.8 Å². The molecule has 106 valence electrons. The van der Waals surface area contributed by atoms with Crippen molar-refractivity contribution >= 4 is 29.1 Å². The Balaban J connectivity index is 2.97. The molecule has 0 aromatic carbocycles. The number of nitrogens with zero attached hydrogens (tertiary/aromatic N) is 3. The number of nitrogens with two attached hydrogens (primary N) is 1. The molecule has 1 unspecified atom stereocenters. The van der Waals surface area contributed by atoms with Crippen LogP contribution >= 0.6 is 11.8 Å². The van der Waals surface area contributed by atoms with Crippen molar-refractivity contribution in [3.8, 4) is 0 Å². The zero-order valence-corrected chi connectivity index (χ0v) is 12.1. The van der Waals surface area contributed by atoms with E-state index in [0.29, 0.717) is 5.82 Å². The Morgan fingerprint density at radius 1 is 1.63 bits per heavy atom. The first-order valence-corrected chi connectivity index (χ1v) is 7.23. The molecular weight excluding hydrogens is 266 g/mol. The summed E-state index contributed by atoms with van der Waals surface area (Å²) in [6, 6.07) is 3.01. The largest absolute Gasteiger partial charge is 0.357 e. The number of hydrogen-bond acceptors (Lipinski definition) is 7. The van der Waals surface area contributed by atoms with Gasteiger partial charge in [0.25, 0.3) is 5.69 Å². The molecule has 0 fully saturated rings. The third kappa shape index (κ3) is 4.25. The highest BCUT2D eigenvalue weighted by Crippen LogP contribution is 2.24. The lowest BCUT2D eigenvalue weighted by Gasteiger charge is -2.26. The molecule has 0 bridgehead atoms. The van der Waals surface area contributed by atoms with Gasteiger partial charge in [-0.05, 0) is 25.4 Å². The fourth-order valence-electron chi connectivity index (χ4n) is 1.57. The summed E-state index contributed by atoms with van der Waals surface area (Å²) in [6.07, 6.45) is 3.03. The molecule has 0 amide bonds. The van der Waals surface area contributed by atoms with Crippen LogP contribution in [0.3, 0.4) is 0 Å². The summed E-state index contributed by atoms with van der Waals surface area (Å²) in [5.74, 6) is 7.14. The first kappa shape index (κ1) is 15.5. The second kappa shape index (κ2) is 7.15. The summed E-state index contributed by atoms with van der Waals surface area (Å²) in [5, 5.41) is 10.9. The number of thioether (sulfide) groups is 1. The average Bonchev–Trinajstić information content (AvgIpc) is 2.43. The van der Waals surface area contributed by atoms with Crippen molar-refractivity contribution in [2.75, 3.05) is 29.4 Å². The molecule has 0 aliphatic rings. The summed E-state index contributed by atoms with van der Waals surface area (Å²) in [4.78, 5) is 16.6. The van der Waals surface area contributed by atoms with E-state index in [-0.39, 0.29) is 17.5 Å². The average molecular weight is 285 g/mol. The lowest BCUT2D eigenvalue weighted by molar-refractivity contribution is -0.384. The molecule has 8 heteroatoms. The van der Waals surface area contributed by atoms with Gasteiger partial charge in [0.1, 0.15) is 11.6 Å². The first-order valence-electron chi connectivity index (χ1n) is 5.84. The third-order valence-electron chi connectivity index (χ3n) is 2.92. The SMILES string of the molecule is CSCCC(C)N(C)c1cc([N+](=O)[O-])cc(NN)n1. The van der Waals surface area contributed by atoms with Crippen molar-refractivity contribution in [3.05, 3.63) is 22.2 Å². The lowest BCUT2D eigenvalue weighted by atomic mass is 10.2. The molecule has 1 aromatic rings. The van der Waals surface area contributed by atoms with Crippen LogP contribution in [0.15, 0.2) is 12.1 Å². The summed E-state index contributed by atoms with van der Waals surface area (Å²) in [5.41, 5.74) is 2.33. The van der Waals surface area contributed by atoms with Crippen molar-refractivity contribution in [1.29, 1.82) is 0 Å². The Hall–Kier alpha value is -1.54. The van der Waals surface area contributed by atoms with Gasteiger partial charge in [-0.1, -0.05) is 0 Å². The Kier molecular flexibility index (Phi) is 5.84. The van der Waals surface area contributed by atoms with Crippen LogP contribution in [0.4, 0.5) is 17.3 Å². The van der Waals surface area contributed by atoms with Crippen LogP contribution in [0.2, 0.25) is 0 Å². The Morgan fingerprint density at radius 3 is 2.84 bits per heavy atom. The minimum absolute atomic E-state index is 0.0260. The Bertz CT molecular complexity index is 443. The number of pyridine rings is 1. The molecule has 0 radical (unpaired) electrons. The molecule has 19 heavy (non-hydrogen) atoms. The Morgan fingerprint density at radius 2 is 2.32 bits per heavy atom. The number of hydrazine groups is 1. The van der Waals surface area contributed by atoms with E-state index in [1.54, 1.807) is 11.8 Å². The van der Waals surface area contributed by atoms with Gasteiger partial charge in [-0.2, -0.15) is 11.8 Å². The summed E-state index contributed by atoms with van der Waals surface area (Å²) in [7, 11) is 1.87. The van der Waals surface area contributed by atoms with Crippen molar-refractivity contribution in [1.82, 2.24) is 4.98 Å². The van der Waals surface area contributed by atoms with Crippen molar-refractivity contribution in [2.45, 2.75) is 19.4 Å². The number of aromatic nitrogens is 1. The standard InChI is InChI=1S/C11H19N5O2S/c1-8(4-5-19-3)15(2)11-7-9(16(17)18)6-10(13-11)14-12/h6-8H,4-5,12H2,1-3H3,(H,13,14). The predicted molar refractivity (Wildman–Crippen MR) is 79.6 cm³/mol. The number of nitrogens with one attached hydrogen (secondary N) is 1. The molecule has 0 aliphatic carbocycles. The van der Waals surface area contributed by atoms with Crippen molar-refractivity contribution in [2.24, 2.45) is 5.84 Å². The molecule has 0 saturated heterocycles. The van der Waals surface area contributed by atoms with Crippen LogP contribution in [0.25, 0.3) is 0 Å². The highest BCUT2D eigenvalue weighted by Gasteiger charge is 2.16. The fourth-order valence-corrected chi connectivity index (χ4v) is 2.15. The highest BCUT2D eigenvalue weighted by atomic mass is 32.2. The molecule has 7 nitrogen and oxygen atoms in total. The van der Waals surface area contributed by atoms with E-state index in [4.69, 9.17) is 5.84 Å². The van der Waals surface area contributed by atoms with Crippen LogP contribution in [-0.2, 0) is 0 Å². The van der Waals surface area contributed by atoms with Crippen LogP contribution in [-0.4, -0.2) is 35.0 Å². The van der Waals surface area contributed by atoms with Crippen LogP contribution in [0.1, 0.15) is 13.3 Å². The normalized spacial score (nSPS) is 12.0. The summed E-state index contributed by atoms with van der Waals surface area (Å²) in [6.45, 7) is 2.06. The van der Waals surface area contributed by atoms with Gasteiger partial charge in [0.2, 0.25) is 0 Å². The molecular formula is C11H19N5O2S. The maximum Gasteiger partial charge on any atom is 0.276 e. The number of hydrogen-bond donors (Lipinski definition) is 2. The zero-order chi connectivity index (χ0) is 14.4. The van der Waals surface area contributed by atoms with E-state index in [1.807, 2.05) is 11.9 Å². The molecule has 1 atom stereocenters. The van der Waals surface area contributed by atoms with Crippen LogP contribution in [0.5, 0.6) is 0 Å². The monoisotopic (exact) mass is 285 g/mol. The van der Waals surface area contributed by atoms with Crippen molar-refractivity contribution in [3.63, 3.8) is 0 Å². The minimum Gasteiger partial charge on any atom is -0.357 e. The number of anilines is 2. The molecule has 0 saturated carbocycles. The molecule has 1 aromatic heterocycles. The van der Waals surface area contributed by atoms with E-state index < -0.39 is 4.92 Å². The topological polar surface area (TPSA) is 97.3 Å². The molecule has 0 spiro atoms. The molecule has 1 heterocycles. The van der Waals surface area contributed by atoms with E-state index >= 15 is 0 Å². The minimum atomic E-state index is -0.452. The highest BCUT2D eigenvalue weighted by molar-refractivity contribution is 7.98. The van der Waals surface area contributed by atoms with E-state index in [9.17, 15) is 10.1 Å². The fraction of sp³-hybridized carbons (Fsp3) is 0.545. The van der Waals surface area contributed by atoms with E-state index in [0.717, 1.165) is 12.2 Å². The van der Waals surface area contributed by atoms with Gasteiger partial charge in [0.05, 0.1) is 17.1 Å². The van der Waals surface area contributed by atoms with Crippen LogP contribution < -0.4 is 16.2 Å². The van der Waals surface area contributed by atoms with Gasteiger partial charge >= 0.3 is 0 Å². The summed E-state index contributed by atoms with van der Waals surface area (Å²) >= 11 is 1.77. The van der Waals surface area contributed by atoms with Crippen LogP contribution in [0, 0.1) is 10.1 Å². The second-order valence-corrected chi connectivity index (χ2v) is 5.20. The quantitative estimate of drug-likeness (QED) is 0.448. The molecule has 1 rings (SSSR count). The second-order valence-electron chi connectivity index (χ2n) is 4.21. The number of nitrogen functional groups attached to an aromatic ring is 1. The maximum atomic E-state index is 10.9. The van der Waals surface area contributed by atoms with Gasteiger partial charge in [0, 0.05) is 13.1 Å². The van der Waals surface area contributed by atoms with E-state index in [2.05, 4.69) is 23.6 Å². The first-order chi connectivity index (χ1) is 8.99. The Labute approximate surface area is 116 Å². The maximum absolute atomic E-state index is 10.9. The number of nitro groups is 1. The lowest BCUT2D eigenvalue weighted by Crippen LogP contribution is -2.30. The predicted octanol–water partition coefficient (Wildman–Crippen LogP) is 1.85. The zero-order valence-electron chi connectivity index (χ0n) is 11.3. The van der Waals surface area contributed by atoms with E-state index in [1.165, 1.54) is 12.1 Å². The van der Waals surface area contributed by atoms with Gasteiger partial charge in [0.15, 0.2) is 0 Å². The number of rotatable bonds is 7. The van der Waals surface area contributed by atoms with Gasteiger partial charge in [-0.15, -0.1) is 0 Å². The smallest absolute Gasteiger partial charge is 0.276 e. The molecule has 0 aliphatic heterocycles.